The van der Waals surface area contributed by atoms with Gasteiger partial charge in [-0.25, -0.2) is 4.98 Å². The Morgan fingerprint density at radius 2 is 1.79 bits per heavy atom. The Bertz CT molecular complexity index is 459. The van der Waals surface area contributed by atoms with Crippen LogP contribution in [0.4, 0.5) is 26.3 Å². The lowest BCUT2D eigenvalue weighted by molar-refractivity contribution is -0.276. The second-order valence-corrected chi connectivity index (χ2v) is 3.74. The van der Waals surface area contributed by atoms with Gasteiger partial charge in [0.25, 0.3) is 5.88 Å². The summed E-state index contributed by atoms with van der Waals surface area (Å²) in [5, 5.41) is -0.172. The SMILES string of the molecule is COc1c(C(F)(F)F)cc(CBr)nc1OC(F)(F)F. The van der Waals surface area contributed by atoms with Gasteiger partial charge in [-0.1, -0.05) is 15.9 Å². The molecule has 1 heterocycles. The highest BCUT2D eigenvalue weighted by Crippen LogP contribution is 2.42. The molecule has 0 aliphatic rings. The molecule has 0 atom stereocenters. The van der Waals surface area contributed by atoms with Gasteiger partial charge in [0, 0.05) is 5.33 Å². The van der Waals surface area contributed by atoms with Crippen LogP contribution in [0.5, 0.6) is 11.6 Å². The summed E-state index contributed by atoms with van der Waals surface area (Å²) in [5.74, 6) is -2.39. The predicted molar refractivity (Wildman–Crippen MR) is 55.1 cm³/mol. The summed E-state index contributed by atoms with van der Waals surface area (Å²) in [4.78, 5) is 3.31. The Kier molecular flexibility index (Phi) is 4.54. The van der Waals surface area contributed by atoms with Gasteiger partial charge >= 0.3 is 12.5 Å². The number of halogens is 7. The zero-order chi connectivity index (χ0) is 14.8. The van der Waals surface area contributed by atoms with Crippen LogP contribution >= 0.6 is 15.9 Å². The van der Waals surface area contributed by atoms with Crippen molar-refractivity contribution in [2.45, 2.75) is 17.9 Å². The van der Waals surface area contributed by atoms with Gasteiger partial charge in [0.1, 0.15) is 5.56 Å². The molecule has 0 saturated carbocycles. The molecule has 0 aliphatic heterocycles. The highest BCUT2D eigenvalue weighted by atomic mass is 79.9. The fourth-order valence-corrected chi connectivity index (χ4v) is 1.50. The summed E-state index contributed by atoms with van der Waals surface area (Å²) in [6.07, 6.45) is -10.1. The average molecular weight is 354 g/mol. The largest absolute Gasteiger partial charge is 0.574 e. The molecule has 19 heavy (non-hydrogen) atoms. The van der Waals surface area contributed by atoms with Crippen LogP contribution in [-0.2, 0) is 11.5 Å². The van der Waals surface area contributed by atoms with E-state index in [0.717, 1.165) is 7.11 Å². The molecule has 0 aliphatic carbocycles. The molecule has 1 rings (SSSR count). The molecule has 0 aromatic carbocycles. The Labute approximate surface area is 111 Å². The zero-order valence-corrected chi connectivity index (χ0v) is 10.8. The first-order valence-corrected chi connectivity index (χ1v) is 5.67. The van der Waals surface area contributed by atoms with Gasteiger partial charge in [-0.2, -0.15) is 13.2 Å². The molecule has 1 aromatic heterocycles. The first kappa shape index (κ1) is 15.9. The molecule has 0 bridgehead atoms. The van der Waals surface area contributed by atoms with Crippen LogP contribution in [0.25, 0.3) is 0 Å². The molecule has 0 radical (unpaired) electrons. The van der Waals surface area contributed by atoms with Crippen LogP contribution < -0.4 is 9.47 Å². The van der Waals surface area contributed by atoms with Gasteiger partial charge in [0.15, 0.2) is 5.75 Å². The van der Waals surface area contributed by atoms with Crippen LogP contribution in [0, 0.1) is 0 Å². The van der Waals surface area contributed by atoms with Crippen molar-refractivity contribution in [3.05, 3.63) is 17.3 Å². The lowest BCUT2D eigenvalue weighted by Crippen LogP contribution is -2.20. The number of pyridine rings is 1. The monoisotopic (exact) mass is 353 g/mol. The van der Waals surface area contributed by atoms with Crippen molar-refractivity contribution in [3.8, 4) is 11.6 Å². The lowest BCUT2D eigenvalue weighted by Gasteiger charge is -2.17. The molecule has 0 amide bonds. The van der Waals surface area contributed by atoms with Crippen LogP contribution in [-0.4, -0.2) is 18.5 Å². The Balaban J connectivity index is 3.44. The van der Waals surface area contributed by atoms with E-state index >= 15 is 0 Å². The zero-order valence-electron chi connectivity index (χ0n) is 9.19. The van der Waals surface area contributed by atoms with E-state index < -0.39 is 29.7 Å². The third-order valence-corrected chi connectivity index (χ3v) is 2.43. The lowest BCUT2D eigenvalue weighted by atomic mass is 10.2. The van der Waals surface area contributed by atoms with E-state index in [0.29, 0.717) is 6.07 Å². The van der Waals surface area contributed by atoms with Crippen molar-refractivity contribution in [1.82, 2.24) is 4.98 Å². The fraction of sp³-hybridized carbons (Fsp3) is 0.444. The van der Waals surface area contributed by atoms with Crippen molar-refractivity contribution < 1.29 is 35.8 Å². The molecule has 10 heteroatoms. The minimum atomic E-state index is -5.17. The smallest absolute Gasteiger partial charge is 0.491 e. The third-order valence-electron chi connectivity index (χ3n) is 1.85. The molecule has 1 aromatic rings. The van der Waals surface area contributed by atoms with E-state index in [9.17, 15) is 26.3 Å². The topological polar surface area (TPSA) is 31.4 Å². The van der Waals surface area contributed by atoms with E-state index in [1.165, 1.54) is 0 Å². The molecule has 0 saturated heterocycles. The van der Waals surface area contributed by atoms with Crippen LogP contribution in [0.3, 0.4) is 0 Å². The number of aromatic nitrogens is 1. The van der Waals surface area contributed by atoms with Crippen molar-refractivity contribution >= 4 is 15.9 Å². The second kappa shape index (κ2) is 5.43. The summed E-state index contributed by atoms with van der Waals surface area (Å²) in [6, 6.07) is 0.580. The summed E-state index contributed by atoms with van der Waals surface area (Å²) in [7, 11) is 0.795. The standard InChI is InChI=1S/C9H6BrF6NO2/c1-18-6-5(8(11,12)13)2-4(3-10)17-7(6)19-9(14,15)16/h2H,3H2,1H3. The minimum absolute atomic E-state index is 0.172. The summed E-state index contributed by atoms with van der Waals surface area (Å²) >= 11 is 2.81. The maximum Gasteiger partial charge on any atom is 0.574 e. The van der Waals surface area contributed by atoms with E-state index in [4.69, 9.17) is 0 Å². The maximum atomic E-state index is 12.7. The Morgan fingerprint density at radius 3 is 2.16 bits per heavy atom. The quantitative estimate of drug-likeness (QED) is 0.610. The molecule has 0 N–H and O–H groups in total. The number of ether oxygens (including phenoxy) is 2. The van der Waals surface area contributed by atoms with Crippen molar-refractivity contribution in [3.63, 3.8) is 0 Å². The first-order chi connectivity index (χ1) is 8.58. The van der Waals surface area contributed by atoms with E-state index in [2.05, 4.69) is 30.4 Å². The summed E-state index contributed by atoms with van der Waals surface area (Å²) < 4.78 is 82.2. The van der Waals surface area contributed by atoms with Gasteiger partial charge in [-0.05, 0) is 6.07 Å². The fourth-order valence-electron chi connectivity index (χ4n) is 1.22. The third kappa shape index (κ3) is 4.15. The molecule has 0 unspecified atom stereocenters. The van der Waals surface area contributed by atoms with Gasteiger partial charge in [-0.3, -0.25) is 0 Å². The Hall–Kier alpha value is -1.19. The van der Waals surface area contributed by atoms with E-state index in [1.54, 1.807) is 0 Å². The number of alkyl halides is 7. The molecule has 108 valence electrons. The van der Waals surface area contributed by atoms with Gasteiger partial charge in [0.05, 0.1) is 12.8 Å². The molecule has 3 nitrogen and oxygen atoms in total. The minimum Gasteiger partial charge on any atom is -0.491 e. The highest BCUT2D eigenvalue weighted by Gasteiger charge is 2.40. The molecular formula is C9H6BrF6NO2. The molecule has 0 spiro atoms. The highest BCUT2D eigenvalue weighted by molar-refractivity contribution is 9.08. The Morgan fingerprint density at radius 1 is 1.21 bits per heavy atom. The summed E-state index contributed by atoms with van der Waals surface area (Å²) in [5.41, 5.74) is -1.66. The molecular weight excluding hydrogens is 348 g/mol. The predicted octanol–water partition coefficient (Wildman–Crippen LogP) is 3.90. The van der Waals surface area contributed by atoms with Gasteiger partial charge in [0.2, 0.25) is 0 Å². The van der Waals surface area contributed by atoms with Crippen LogP contribution in [0.2, 0.25) is 0 Å². The van der Waals surface area contributed by atoms with Crippen LogP contribution in [0.1, 0.15) is 11.3 Å². The van der Waals surface area contributed by atoms with Crippen molar-refractivity contribution in [1.29, 1.82) is 0 Å². The summed E-state index contributed by atoms with van der Waals surface area (Å²) in [6.45, 7) is 0. The first-order valence-electron chi connectivity index (χ1n) is 4.55. The number of rotatable bonds is 3. The van der Waals surface area contributed by atoms with Gasteiger partial charge < -0.3 is 9.47 Å². The van der Waals surface area contributed by atoms with E-state index in [1.807, 2.05) is 0 Å². The van der Waals surface area contributed by atoms with Crippen molar-refractivity contribution in [2.75, 3.05) is 7.11 Å². The van der Waals surface area contributed by atoms with Crippen LogP contribution in [0.15, 0.2) is 6.07 Å². The van der Waals surface area contributed by atoms with E-state index in [-0.39, 0.29) is 11.0 Å². The number of hydrogen-bond acceptors (Lipinski definition) is 3. The van der Waals surface area contributed by atoms with Gasteiger partial charge in [-0.15, -0.1) is 13.2 Å². The average Bonchev–Trinajstić information content (AvgIpc) is 2.24. The van der Waals surface area contributed by atoms with Crippen molar-refractivity contribution in [2.24, 2.45) is 0 Å². The second-order valence-electron chi connectivity index (χ2n) is 3.18. The maximum absolute atomic E-state index is 12.7. The molecule has 0 fully saturated rings. The normalized spacial score (nSPS) is 12.4. The number of methoxy groups -OCH3 is 1. The number of hydrogen-bond donors (Lipinski definition) is 0. The number of nitrogens with zero attached hydrogens (tertiary/aromatic N) is 1.